The fourth-order valence-corrected chi connectivity index (χ4v) is 4.34. The molecule has 2 amide bonds. The Labute approximate surface area is 181 Å². The Morgan fingerprint density at radius 2 is 1.84 bits per heavy atom. The molecule has 0 aliphatic carbocycles. The third-order valence-electron chi connectivity index (χ3n) is 5.98. The number of unbranched alkanes of at least 4 members (excludes halogenated alkanes) is 2. The molecule has 0 bridgehead atoms. The number of rotatable bonds is 7. The standard InChI is InChI=1S/C25H28N4O2/c1-16-19-15-29(3)14-12-17(19)23(24-22(16)18-9-6-7-10-20(18)28-24)25(31)27-13-8-4-5-11-21(30)26-2/h6-7,9-10,12,14-15H,4-5,8,11,13H2,1-3H3,(H2,26,27,30,31)/p+1. The maximum atomic E-state index is 13.3. The van der Waals surface area contributed by atoms with Crippen LogP contribution in [-0.4, -0.2) is 30.4 Å². The molecule has 2 heterocycles. The van der Waals surface area contributed by atoms with Crippen LogP contribution in [0.3, 0.4) is 0 Å². The summed E-state index contributed by atoms with van der Waals surface area (Å²) in [5, 5.41) is 10.00. The second kappa shape index (κ2) is 8.76. The third-order valence-corrected chi connectivity index (χ3v) is 5.98. The van der Waals surface area contributed by atoms with E-state index in [1.165, 1.54) is 5.56 Å². The van der Waals surface area contributed by atoms with E-state index < -0.39 is 0 Å². The van der Waals surface area contributed by atoms with Crippen molar-refractivity contribution in [2.75, 3.05) is 13.6 Å². The number of aromatic nitrogens is 2. The maximum Gasteiger partial charge on any atom is 0.254 e. The largest absolute Gasteiger partial charge is 0.359 e. The Kier molecular flexibility index (Phi) is 5.89. The number of hydrogen-bond acceptors (Lipinski definition) is 2. The fourth-order valence-electron chi connectivity index (χ4n) is 4.34. The second-order valence-electron chi connectivity index (χ2n) is 8.10. The zero-order valence-corrected chi connectivity index (χ0v) is 18.3. The van der Waals surface area contributed by atoms with Gasteiger partial charge >= 0.3 is 0 Å². The van der Waals surface area contributed by atoms with Gasteiger partial charge in [0.25, 0.3) is 5.91 Å². The van der Waals surface area contributed by atoms with Gasteiger partial charge in [-0.05, 0) is 31.4 Å². The van der Waals surface area contributed by atoms with E-state index >= 15 is 0 Å². The quantitative estimate of drug-likeness (QED) is 0.317. The van der Waals surface area contributed by atoms with Crippen molar-refractivity contribution < 1.29 is 14.2 Å². The van der Waals surface area contributed by atoms with Gasteiger partial charge in [-0.3, -0.25) is 9.59 Å². The molecular weight excluding hydrogens is 388 g/mol. The Morgan fingerprint density at radius 1 is 1.03 bits per heavy atom. The summed E-state index contributed by atoms with van der Waals surface area (Å²) < 4.78 is 2.02. The van der Waals surface area contributed by atoms with Crippen LogP contribution in [0, 0.1) is 6.92 Å². The summed E-state index contributed by atoms with van der Waals surface area (Å²) in [6.07, 6.45) is 7.16. The van der Waals surface area contributed by atoms with Crippen molar-refractivity contribution in [3.8, 4) is 0 Å². The molecule has 0 atom stereocenters. The molecule has 0 unspecified atom stereocenters. The molecule has 4 rings (SSSR count). The van der Waals surface area contributed by atoms with Crippen LogP contribution in [0.1, 0.15) is 41.6 Å². The van der Waals surface area contributed by atoms with E-state index in [1.54, 1.807) is 7.05 Å². The maximum absolute atomic E-state index is 13.3. The smallest absolute Gasteiger partial charge is 0.254 e. The average molecular weight is 418 g/mol. The van der Waals surface area contributed by atoms with Gasteiger partial charge < -0.3 is 15.6 Å². The third kappa shape index (κ3) is 3.98. The number of carbonyl (C=O) groups is 2. The van der Waals surface area contributed by atoms with Crippen LogP contribution >= 0.6 is 0 Å². The zero-order valence-electron chi connectivity index (χ0n) is 18.3. The van der Waals surface area contributed by atoms with Crippen LogP contribution in [0.5, 0.6) is 0 Å². The first kappa shape index (κ1) is 20.8. The van der Waals surface area contributed by atoms with Gasteiger partial charge in [0.15, 0.2) is 12.4 Å². The Bertz CT molecular complexity index is 1290. The van der Waals surface area contributed by atoms with E-state index in [-0.39, 0.29) is 11.8 Å². The molecule has 0 saturated heterocycles. The van der Waals surface area contributed by atoms with E-state index in [2.05, 4.69) is 34.8 Å². The molecule has 2 aromatic heterocycles. The summed E-state index contributed by atoms with van der Waals surface area (Å²) in [4.78, 5) is 28.1. The van der Waals surface area contributed by atoms with E-state index in [0.29, 0.717) is 18.5 Å². The highest BCUT2D eigenvalue weighted by molar-refractivity contribution is 6.24. The zero-order chi connectivity index (χ0) is 22.0. The number of fused-ring (bicyclic) bond motifs is 4. The van der Waals surface area contributed by atoms with Crippen molar-refractivity contribution >= 4 is 44.4 Å². The fraction of sp³-hybridized carbons (Fsp3) is 0.320. The molecule has 4 aromatic rings. The van der Waals surface area contributed by atoms with Crippen molar-refractivity contribution in [1.29, 1.82) is 0 Å². The van der Waals surface area contributed by atoms with Crippen molar-refractivity contribution in [2.45, 2.75) is 32.6 Å². The summed E-state index contributed by atoms with van der Waals surface area (Å²) in [5.74, 6) is -0.00811. The van der Waals surface area contributed by atoms with Gasteiger partial charge in [0.2, 0.25) is 5.91 Å². The van der Waals surface area contributed by atoms with Crippen molar-refractivity contribution in [3.63, 3.8) is 0 Å². The molecule has 0 aliphatic rings. The Hall–Kier alpha value is -3.41. The minimum Gasteiger partial charge on any atom is -0.359 e. The number of hydrogen-bond donors (Lipinski definition) is 3. The van der Waals surface area contributed by atoms with Gasteiger partial charge in [-0.1, -0.05) is 24.6 Å². The Balaban J connectivity index is 1.68. The molecule has 6 heteroatoms. The monoisotopic (exact) mass is 417 g/mol. The topological polar surface area (TPSA) is 77.9 Å². The lowest BCUT2D eigenvalue weighted by molar-refractivity contribution is -0.670. The number of carbonyl (C=O) groups excluding carboxylic acids is 2. The molecule has 160 valence electrons. The number of nitrogens with one attached hydrogen (secondary N) is 3. The minimum absolute atomic E-state index is 0.0597. The van der Waals surface area contributed by atoms with E-state index in [9.17, 15) is 9.59 Å². The minimum atomic E-state index is -0.0679. The number of amides is 2. The highest BCUT2D eigenvalue weighted by atomic mass is 16.2. The first-order valence-electron chi connectivity index (χ1n) is 10.8. The molecule has 6 nitrogen and oxygen atoms in total. The predicted octanol–water partition coefficient (Wildman–Crippen LogP) is 3.64. The normalized spacial score (nSPS) is 11.3. The predicted molar refractivity (Wildman–Crippen MR) is 124 cm³/mol. The summed E-state index contributed by atoms with van der Waals surface area (Å²) in [6, 6.07) is 10.2. The van der Waals surface area contributed by atoms with Crippen LogP contribution in [0.25, 0.3) is 32.6 Å². The number of benzene rings is 2. The summed E-state index contributed by atoms with van der Waals surface area (Å²) in [7, 11) is 3.65. The average Bonchev–Trinajstić information content (AvgIpc) is 3.15. The lowest BCUT2D eigenvalue weighted by Crippen LogP contribution is -2.28. The van der Waals surface area contributed by atoms with Crippen LogP contribution < -0.4 is 15.2 Å². The van der Waals surface area contributed by atoms with Crippen LogP contribution in [0.2, 0.25) is 0 Å². The number of pyridine rings is 1. The summed E-state index contributed by atoms with van der Waals surface area (Å²) in [6.45, 7) is 2.71. The molecular formula is C25H29N4O2+. The van der Waals surface area contributed by atoms with Crippen molar-refractivity contribution in [1.82, 2.24) is 15.6 Å². The van der Waals surface area contributed by atoms with Gasteiger partial charge in [0.1, 0.15) is 7.05 Å². The van der Waals surface area contributed by atoms with Crippen LogP contribution in [0.4, 0.5) is 0 Å². The molecule has 0 radical (unpaired) electrons. The molecule has 0 fully saturated rings. The van der Waals surface area contributed by atoms with Crippen molar-refractivity contribution in [2.24, 2.45) is 7.05 Å². The molecule has 0 aliphatic heterocycles. The van der Waals surface area contributed by atoms with Crippen molar-refractivity contribution in [3.05, 3.63) is 53.9 Å². The molecule has 3 N–H and O–H groups in total. The molecule has 2 aromatic carbocycles. The highest BCUT2D eigenvalue weighted by Gasteiger charge is 2.22. The highest BCUT2D eigenvalue weighted by Crippen LogP contribution is 2.36. The number of aryl methyl sites for hydroxylation is 2. The number of nitrogens with zero attached hydrogens (tertiary/aromatic N) is 1. The van der Waals surface area contributed by atoms with Gasteiger partial charge in [0.05, 0.1) is 16.5 Å². The van der Waals surface area contributed by atoms with E-state index in [1.807, 2.05) is 42.1 Å². The lowest BCUT2D eigenvalue weighted by Gasteiger charge is -2.12. The van der Waals surface area contributed by atoms with Gasteiger partial charge in [-0.15, -0.1) is 0 Å². The summed E-state index contributed by atoms with van der Waals surface area (Å²) >= 11 is 0. The van der Waals surface area contributed by atoms with E-state index in [4.69, 9.17) is 0 Å². The molecule has 31 heavy (non-hydrogen) atoms. The molecule has 0 saturated carbocycles. The van der Waals surface area contributed by atoms with E-state index in [0.717, 1.165) is 51.8 Å². The van der Waals surface area contributed by atoms with Gasteiger partial charge in [0, 0.05) is 47.8 Å². The van der Waals surface area contributed by atoms with Crippen LogP contribution in [-0.2, 0) is 11.8 Å². The van der Waals surface area contributed by atoms with Gasteiger partial charge in [-0.2, -0.15) is 0 Å². The van der Waals surface area contributed by atoms with Crippen LogP contribution in [0.15, 0.2) is 42.7 Å². The number of H-pyrrole nitrogens is 1. The summed E-state index contributed by atoms with van der Waals surface area (Å²) in [5.41, 5.74) is 3.78. The second-order valence-corrected chi connectivity index (χ2v) is 8.10. The number of para-hydroxylation sites is 1. The first-order valence-corrected chi connectivity index (χ1v) is 10.8. The first-order chi connectivity index (χ1) is 15.0. The SMILES string of the molecule is CNC(=O)CCCCCNC(=O)c1c2cc[n+](C)cc2c(C)c2c1[nH]c1ccccc12. The molecule has 0 spiro atoms. The lowest BCUT2D eigenvalue weighted by atomic mass is 9.95. The Morgan fingerprint density at radius 3 is 2.65 bits per heavy atom. The van der Waals surface area contributed by atoms with Gasteiger partial charge in [-0.25, -0.2) is 4.57 Å². The number of aromatic amines is 1.